The van der Waals surface area contributed by atoms with Gasteiger partial charge in [-0.1, -0.05) is 37.6 Å². The summed E-state index contributed by atoms with van der Waals surface area (Å²) in [6, 6.07) is 9.92. The van der Waals surface area contributed by atoms with Crippen LogP contribution in [0.4, 0.5) is 0 Å². The van der Waals surface area contributed by atoms with Crippen molar-refractivity contribution in [1.82, 2.24) is 4.90 Å². The monoisotopic (exact) mass is 360 g/mol. The van der Waals surface area contributed by atoms with Crippen molar-refractivity contribution in [2.45, 2.75) is 44.7 Å². The summed E-state index contributed by atoms with van der Waals surface area (Å²) in [6.45, 7) is 10.8. The van der Waals surface area contributed by atoms with E-state index in [2.05, 4.69) is 57.1 Å². The molecule has 2 fully saturated rings. The largest absolute Gasteiger partial charge is 0.378 e. The van der Waals surface area contributed by atoms with Crippen LogP contribution in [-0.2, 0) is 4.74 Å². The Morgan fingerprint density at radius 2 is 1.85 bits per heavy atom. The quantitative estimate of drug-likeness (QED) is 0.821. The molecule has 2 aliphatic heterocycles. The molecule has 26 heavy (non-hydrogen) atoms. The van der Waals surface area contributed by atoms with E-state index in [4.69, 9.17) is 10.5 Å². The zero-order chi connectivity index (χ0) is 18.7. The topological polar surface area (TPSA) is 38.5 Å². The Labute approximate surface area is 159 Å². The summed E-state index contributed by atoms with van der Waals surface area (Å²) >= 11 is 0. The molecule has 2 heterocycles. The molecule has 2 N–H and O–H groups in total. The van der Waals surface area contributed by atoms with Gasteiger partial charge in [-0.05, 0) is 31.5 Å². The van der Waals surface area contributed by atoms with Gasteiger partial charge < -0.3 is 15.0 Å². The maximum absolute atomic E-state index is 6.74. The average molecular weight is 361 g/mol. The minimum absolute atomic E-state index is 0.247. The Morgan fingerprint density at radius 1 is 1.15 bits per heavy atom. The van der Waals surface area contributed by atoms with Crippen molar-refractivity contribution in [3.05, 3.63) is 35.4 Å². The van der Waals surface area contributed by atoms with Crippen molar-refractivity contribution < 1.29 is 9.22 Å². The van der Waals surface area contributed by atoms with Crippen molar-refractivity contribution in [3.63, 3.8) is 0 Å². The average Bonchev–Trinajstić information content (AvgIpc) is 2.63. The fourth-order valence-corrected chi connectivity index (χ4v) is 5.12. The fourth-order valence-electron chi connectivity index (χ4n) is 5.12. The van der Waals surface area contributed by atoms with Crippen LogP contribution in [0.3, 0.4) is 0 Å². The number of likely N-dealkylation sites (tertiary alicyclic amines) is 1. The first-order valence-electron chi connectivity index (χ1n) is 10.4. The minimum atomic E-state index is 0.247. The number of rotatable bonds is 5. The second-order valence-corrected chi connectivity index (χ2v) is 8.78. The molecule has 1 aromatic carbocycles. The molecule has 1 aromatic rings. The summed E-state index contributed by atoms with van der Waals surface area (Å²) in [4.78, 5) is 2.40. The number of morpholine rings is 1. The second-order valence-electron chi connectivity index (χ2n) is 8.78. The molecule has 5 unspecified atom stereocenters. The first-order chi connectivity index (χ1) is 12.5. The van der Waals surface area contributed by atoms with Crippen LogP contribution in [0.1, 0.15) is 49.8 Å². The number of nitrogens with zero attached hydrogens (tertiary/aromatic N) is 2. The number of likely N-dealkylation sites (N-methyl/N-ethyl adjacent to an activating group) is 2. The fraction of sp³-hybridized carbons (Fsp3) is 0.727. The third kappa shape index (κ3) is 4.14. The third-order valence-corrected chi connectivity index (χ3v) is 6.82. The van der Waals surface area contributed by atoms with E-state index in [1.165, 1.54) is 37.1 Å². The Morgan fingerprint density at radius 3 is 2.46 bits per heavy atom. The number of benzene rings is 1. The van der Waals surface area contributed by atoms with Crippen molar-refractivity contribution in [1.29, 1.82) is 0 Å². The summed E-state index contributed by atoms with van der Waals surface area (Å²) in [5.41, 5.74) is 9.54. The van der Waals surface area contributed by atoms with Gasteiger partial charge in [0.15, 0.2) is 0 Å². The number of hydrogen-bond acceptors (Lipinski definition) is 3. The van der Waals surface area contributed by atoms with E-state index >= 15 is 0 Å². The molecule has 4 heteroatoms. The molecule has 4 nitrogen and oxygen atoms in total. The van der Waals surface area contributed by atoms with Crippen LogP contribution in [0, 0.1) is 5.92 Å². The van der Waals surface area contributed by atoms with E-state index in [0.29, 0.717) is 17.9 Å². The zero-order valence-electron chi connectivity index (χ0n) is 17.2. The van der Waals surface area contributed by atoms with Crippen LogP contribution in [-0.4, -0.2) is 68.9 Å². The summed E-state index contributed by atoms with van der Waals surface area (Å²) in [6.07, 6.45) is 2.51. The molecule has 5 atom stereocenters. The number of piperidine rings is 1. The van der Waals surface area contributed by atoms with Gasteiger partial charge in [0.25, 0.3) is 0 Å². The molecule has 3 rings (SSSR count). The zero-order valence-corrected chi connectivity index (χ0v) is 17.2. The van der Waals surface area contributed by atoms with Gasteiger partial charge in [-0.25, -0.2) is 0 Å². The Kier molecular flexibility index (Phi) is 6.39. The lowest BCUT2D eigenvalue weighted by Crippen LogP contribution is -2.61. The smallest absolute Gasteiger partial charge is 0.0944 e. The first-order valence-corrected chi connectivity index (χ1v) is 10.4. The van der Waals surface area contributed by atoms with E-state index in [0.717, 1.165) is 30.8 Å². The highest BCUT2D eigenvalue weighted by Gasteiger charge is 2.42. The maximum Gasteiger partial charge on any atom is 0.0944 e. The van der Waals surface area contributed by atoms with Gasteiger partial charge in [0.05, 0.1) is 52.0 Å². The lowest BCUT2D eigenvalue weighted by atomic mass is 9.74. The van der Waals surface area contributed by atoms with Crippen LogP contribution in [0.25, 0.3) is 0 Å². The van der Waals surface area contributed by atoms with Crippen molar-refractivity contribution in [2.75, 3.05) is 53.5 Å². The molecule has 146 valence electrons. The van der Waals surface area contributed by atoms with Gasteiger partial charge in [-0.3, -0.25) is 4.90 Å². The number of nitrogens with two attached hydrogens (primary N) is 1. The van der Waals surface area contributed by atoms with E-state index < -0.39 is 0 Å². The summed E-state index contributed by atoms with van der Waals surface area (Å²) < 4.78 is 6.81. The molecular weight excluding hydrogens is 322 g/mol. The van der Waals surface area contributed by atoms with Gasteiger partial charge >= 0.3 is 0 Å². The van der Waals surface area contributed by atoms with Crippen LogP contribution >= 0.6 is 0 Å². The highest BCUT2D eigenvalue weighted by molar-refractivity contribution is 5.29. The highest BCUT2D eigenvalue weighted by atomic mass is 16.5. The summed E-state index contributed by atoms with van der Waals surface area (Å²) in [7, 11) is 4.57. The van der Waals surface area contributed by atoms with E-state index in [-0.39, 0.29) is 6.04 Å². The summed E-state index contributed by atoms with van der Waals surface area (Å²) in [5.74, 6) is 1.17. The molecule has 0 radical (unpaired) electrons. The molecule has 0 saturated carbocycles. The third-order valence-electron chi connectivity index (χ3n) is 6.82. The lowest BCUT2D eigenvalue weighted by Gasteiger charge is -2.47. The number of quaternary nitrogens is 1. The molecule has 0 spiro atoms. The van der Waals surface area contributed by atoms with Gasteiger partial charge in [-0.2, -0.15) is 0 Å². The molecular formula is C22H38N3O+. The number of hydrogen-bond donors (Lipinski definition) is 1. The Hall–Kier alpha value is -0.940. The lowest BCUT2D eigenvalue weighted by molar-refractivity contribution is -0.917. The van der Waals surface area contributed by atoms with Gasteiger partial charge in [0, 0.05) is 18.4 Å². The van der Waals surface area contributed by atoms with Crippen molar-refractivity contribution in [3.8, 4) is 0 Å². The molecule has 0 amide bonds. The normalized spacial score (nSPS) is 36.2. The van der Waals surface area contributed by atoms with Gasteiger partial charge in [0.2, 0.25) is 0 Å². The maximum atomic E-state index is 6.74. The van der Waals surface area contributed by atoms with E-state index in [1.807, 2.05) is 0 Å². The molecule has 0 bridgehead atoms. The first kappa shape index (κ1) is 19.8. The minimum Gasteiger partial charge on any atom is -0.378 e. The van der Waals surface area contributed by atoms with Crippen molar-refractivity contribution in [2.24, 2.45) is 11.7 Å². The van der Waals surface area contributed by atoms with Crippen LogP contribution in [0.15, 0.2) is 24.3 Å². The predicted octanol–water partition coefficient (Wildman–Crippen LogP) is 3.00. The highest BCUT2D eigenvalue weighted by Crippen LogP contribution is 2.38. The van der Waals surface area contributed by atoms with Gasteiger partial charge in [0.1, 0.15) is 0 Å². The molecule has 0 aromatic heterocycles. The Bertz CT molecular complexity index is 575. The van der Waals surface area contributed by atoms with Crippen molar-refractivity contribution >= 4 is 0 Å². The van der Waals surface area contributed by atoms with Crippen LogP contribution in [0.2, 0.25) is 0 Å². The second kappa shape index (κ2) is 8.39. The number of ether oxygens (including phenoxy) is 1. The van der Waals surface area contributed by atoms with Crippen LogP contribution in [0.5, 0.6) is 0 Å². The van der Waals surface area contributed by atoms with Crippen LogP contribution < -0.4 is 5.73 Å². The van der Waals surface area contributed by atoms with Gasteiger partial charge in [-0.15, -0.1) is 0 Å². The van der Waals surface area contributed by atoms with E-state index in [1.54, 1.807) is 0 Å². The molecule has 2 aliphatic rings. The SMILES string of the molecule is CCCC1C[N+](C)(CC)CC(N)C1c1ccc(C2COCCN2C)cc1. The standard InChI is InChI=1S/C22H38N3O/c1-5-7-19-14-25(4,6-2)15-20(23)22(19)18-10-8-17(9-11-18)21-16-26-13-12-24(21)3/h8-11,19-22H,5-7,12-16,23H2,1-4H3/q+1. The molecule has 0 aliphatic carbocycles. The molecule has 2 saturated heterocycles. The summed E-state index contributed by atoms with van der Waals surface area (Å²) in [5, 5.41) is 0. The predicted molar refractivity (Wildman–Crippen MR) is 108 cm³/mol. The van der Waals surface area contributed by atoms with E-state index in [9.17, 15) is 0 Å². The Balaban J connectivity index is 1.80.